The van der Waals surface area contributed by atoms with E-state index in [1.807, 2.05) is 14.0 Å². The predicted molar refractivity (Wildman–Crippen MR) is 105 cm³/mol. The second-order valence-electron chi connectivity index (χ2n) is 7.34. The van der Waals surface area contributed by atoms with E-state index in [0.717, 1.165) is 55.6 Å². The molecule has 1 aromatic carbocycles. The number of hydrogen-bond acceptors (Lipinski definition) is 4. The van der Waals surface area contributed by atoms with Crippen molar-refractivity contribution in [1.29, 1.82) is 0 Å². The zero-order valence-corrected chi connectivity index (χ0v) is 16.7. The van der Waals surface area contributed by atoms with Crippen LogP contribution in [0.25, 0.3) is 0 Å². The minimum absolute atomic E-state index is 0.218. The molecule has 0 amide bonds. The summed E-state index contributed by atoms with van der Waals surface area (Å²) in [7, 11) is 1.88. The normalized spacial score (nSPS) is 19.2. The van der Waals surface area contributed by atoms with Crippen LogP contribution < -0.4 is 0 Å². The SMILES string of the molecule is Cc1ccc(CN2CCN(Cc3c(C)nn(C)c3Cl)C[C@@H]2CCO)cc1. The lowest BCUT2D eigenvalue weighted by Crippen LogP contribution is -2.52. The molecule has 1 atom stereocenters. The fourth-order valence-corrected chi connectivity index (χ4v) is 3.97. The monoisotopic (exact) mass is 376 g/mol. The number of aliphatic hydroxyl groups is 1. The Morgan fingerprint density at radius 1 is 1.15 bits per heavy atom. The Morgan fingerprint density at radius 3 is 2.50 bits per heavy atom. The highest BCUT2D eigenvalue weighted by Gasteiger charge is 2.27. The number of halogens is 1. The van der Waals surface area contributed by atoms with Crippen molar-refractivity contribution >= 4 is 11.6 Å². The number of benzene rings is 1. The zero-order chi connectivity index (χ0) is 18.7. The van der Waals surface area contributed by atoms with Crippen LogP contribution in [0.3, 0.4) is 0 Å². The maximum atomic E-state index is 9.53. The van der Waals surface area contributed by atoms with Crippen LogP contribution in [0, 0.1) is 13.8 Å². The number of piperazine rings is 1. The van der Waals surface area contributed by atoms with E-state index in [1.165, 1.54) is 11.1 Å². The number of hydrogen-bond donors (Lipinski definition) is 1. The third kappa shape index (κ3) is 4.46. The summed E-state index contributed by atoms with van der Waals surface area (Å²) in [6, 6.07) is 9.10. The van der Waals surface area contributed by atoms with Gasteiger partial charge in [0.15, 0.2) is 0 Å². The third-order valence-electron chi connectivity index (χ3n) is 5.31. The fourth-order valence-electron chi connectivity index (χ4n) is 3.74. The van der Waals surface area contributed by atoms with E-state index in [4.69, 9.17) is 11.6 Å². The van der Waals surface area contributed by atoms with Gasteiger partial charge in [-0.3, -0.25) is 14.5 Å². The maximum Gasteiger partial charge on any atom is 0.131 e. The van der Waals surface area contributed by atoms with E-state index in [9.17, 15) is 5.11 Å². The average molecular weight is 377 g/mol. The molecule has 0 unspecified atom stereocenters. The second kappa shape index (κ2) is 8.53. The summed E-state index contributed by atoms with van der Waals surface area (Å²) >= 11 is 6.40. The van der Waals surface area contributed by atoms with Gasteiger partial charge < -0.3 is 5.11 Å². The van der Waals surface area contributed by atoms with Crippen LogP contribution in [0.2, 0.25) is 5.15 Å². The summed E-state index contributed by atoms with van der Waals surface area (Å²) in [6.07, 6.45) is 0.794. The quantitative estimate of drug-likeness (QED) is 0.842. The largest absolute Gasteiger partial charge is 0.396 e. The first-order valence-corrected chi connectivity index (χ1v) is 9.66. The van der Waals surface area contributed by atoms with E-state index < -0.39 is 0 Å². The molecule has 1 aromatic heterocycles. The molecule has 1 N–H and O–H groups in total. The van der Waals surface area contributed by atoms with Crippen LogP contribution >= 0.6 is 11.6 Å². The van der Waals surface area contributed by atoms with Gasteiger partial charge in [0, 0.05) is 58.0 Å². The predicted octanol–water partition coefficient (Wildman–Crippen LogP) is 2.76. The molecule has 6 heteroatoms. The van der Waals surface area contributed by atoms with Crippen molar-refractivity contribution in [1.82, 2.24) is 19.6 Å². The molecule has 142 valence electrons. The lowest BCUT2D eigenvalue weighted by atomic mass is 10.1. The molecule has 26 heavy (non-hydrogen) atoms. The van der Waals surface area contributed by atoms with Crippen LogP contribution in [0.1, 0.15) is 28.8 Å². The van der Waals surface area contributed by atoms with Crippen LogP contribution in [-0.2, 0) is 20.1 Å². The molecule has 2 heterocycles. The molecule has 0 radical (unpaired) electrons. The van der Waals surface area contributed by atoms with Crippen molar-refractivity contribution in [3.8, 4) is 0 Å². The Labute approximate surface area is 161 Å². The zero-order valence-electron chi connectivity index (χ0n) is 16.0. The lowest BCUT2D eigenvalue weighted by Gasteiger charge is -2.41. The van der Waals surface area contributed by atoms with E-state index in [1.54, 1.807) is 4.68 Å². The van der Waals surface area contributed by atoms with Crippen LogP contribution in [0.4, 0.5) is 0 Å². The Balaban J connectivity index is 1.66. The number of aryl methyl sites for hydroxylation is 3. The molecule has 1 aliphatic heterocycles. The first kappa shape index (κ1) is 19.4. The average Bonchev–Trinajstić information content (AvgIpc) is 2.85. The van der Waals surface area contributed by atoms with E-state index in [2.05, 4.69) is 46.1 Å². The van der Waals surface area contributed by atoms with Crippen molar-refractivity contribution < 1.29 is 5.11 Å². The molecule has 1 fully saturated rings. The van der Waals surface area contributed by atoms with Crippen molar-refractivity contribution in [3.05, 3.63) is 51.8 Å². The van der Waals surface area contributed by atoms with Gasteiger partial charge in [0.1, 0.15) is 5.15 Å². The number of nitrogens with zero attached hydrogens (tertiary/aromatic N) is 4. The fraction of sp³-hybridized carbons (Fsp3) is 0.550. The van der Waals surface area contributed by atoms with Crippen LogP contribution in [0.15, 0.2) is 24.3 Å². The molecule has 2 aromatic rings. The number of aliphatic hydroxyl groups excluding tert-OH is 1. The van der Waals surface area contributed by atoms with E-state index >= 15 is 0 Å². The molecule has 0 saturated carbocycles. The summed E-state index contributed by atoms with van der Waals surface area (Å²) in [4.78, 5) is 4.93. The maximum absolute atomic E-state index is 9.53. The molecule has 1 saturated heterocycles. The Morgan fingerprint density at radius 2 is 1.88 bits per heavy atom. The molecular weight excluding hydrogens is 348 g/mol. The highest BCUT2D eigenvalue weighted by Crippen LogP contribution is 2.23. The van der Waals surface area contributed by atoms with Crippen LogP contribution in [0.5, 0.6) is 0 Å². The van der Waals surface area contributed by atoms with Gasteiger partial charge in [-0.1, -0.05) is 41.4 Å². The van der Waals surface area contributed by atoms with E-state index in [-0.39, 0.29) is 6.61 Å². The molecular formula is C20H29ClN4O. The topological polar surface area (TPSA) is 44.5 Å². The Kier molecular flexibility index (Phi) is 6.35. The molecule has 0 bridgehead atoms. The van der Waals surface area contributed by atoms with Gasteiger partial charge in [-0.05, 0) is 25.8 Å². The summed E-state index contributed by atoms with van der Waals surface area (Å²) in [5, 5.41) is 14.7. The third-order valence-corrected chi connectivity index (χ3v) is 5.78. The van der Waals surface area contributed by atoms with Crippen molar-refractivity contribution in [2.45, 2.75) is 39.4 Å². The summed E-state index contributed by atoms with van der Waals surface area (Å²) in [5.74, 6) is 0. The lowest BCUT2D eigenvalue weighted by molar-refractivity contribution is 0.0499. The van der Waals surface area contributed by atoms with Crippen molar-refractivity contribution in [2.75, 3.05) is 26.2 Å². The molecule has 0 spiro atoms. The number of aromatic nitrogens is 2. The second-order valence-corrected chi connectivity index (χ2v) is 7.69. The van der Waals surface area contributed by atoms with Gasteiger partial charge in [0.2, 0.25) is 0 Å². The molecule has 3 rings (SSSR count). The van der Waals surface area contributed by atoms with Gasteiger partial charge >= 0.3 is 0 Å². The van der Waals surface area contributed by atoms with Gasteiger partial charge in [-0.15, -0.1) is 0 Å². The minimum atomic E-state index is 0.218. The van der Waals surface area contributed by atoms with Crippen molar-refractivity contribution in [2.24, 2.45) is 7.05 Å². The molecule has 1 aliphatic rings. The summed E-state index contributed by atoms with van der Waals surface area (Å²) < 4.78 is 1.74. The van der Waals surface area contributed by atoms with Gasteiger partial charge in [0.05, 0.1) is 5.69 Å². The minimum Gasteiger partial charge on any atom is -0.396 e. The first-order chi connectivity index (χ1) is 12.5. The highest BCUT2D eigenvalue weighted by molar-refractivity contribution is 6.30. The Bertz CT molecular complexity index is 728. The van der Waals surface area contributed by atoms with Gasteiger partial charge in [0.25, 0.3) is 0 Å². The molecule has 5 nitrogen and oxygen atoms in total. The standard InChI is InChI=1S/C20H29ClN4O/c1-15-4-6-17(7-5-15)12-25-10-9-24(13-18(25)8-11-26)14-19-16(2)22-23(3)20(19)21/h4-7,18,26H,8-14H2,1-3H3/t18-/m0/s1. The van der Waals surface area contributed by atoms with Gasteiger partial charge in [-0.25, -0.2) is 0 Å². The highest BCUT2D eigenvalue weighted by atomic mass is 35.5. The first-order valence-electron chi connectivity index (χ1n) is 9.28. The van der Waals surface area contributed by atoms with Gasteiger partial charge in [-0.2, -0.15) is 5.10 Å². The van der Waals surface area contributed by atoms with E-state index in [0.29, 0.717) is 6.04 Å². The summed E-state index contributed by atoms with van der Waals surface area (Å²) in [5.41, 5.74) is 4.73. The van der Waals surface area contributed by atoms with Crippen LogP contribution in [-0.4, -0.2) is 57.0 Å². The number of rotatable bonds is 6. The molecule has 0 aliphatic carbocycles. The Hall–Kier alpha value is -1.40. The van der Waals surface area contributed by atoms with Crippen molar-refractivity contribution in [3.63, 3.8) is 0 Å². The summed E-state index contributed by atoms with van der Waals surface area (Å²) in [6.45, 7) is 9.04. The smallest absolute Gasteiger partial charge is 0.131 e.